The highest BCUT2D eigenvalue weighted by Crippen LogP contribution is 2.32. The summed E-state index contributed by atoms with van der Waals surface area (Å²) in [6.07, 6.45) is -2.00. The molecule has 8 nitrogen and oxygen atoms in total. The zero-order valence-electron chi connectivity index (χ0n) is 11.5. The smallest absolute Gasteiger partial charge is 0.277 e. The molecule has 9 heteroatoms. The number of aromatic amines is 1. The Morgan fingerprint density at radius 3 is 2.60 bits per heavy atom. The fourth-order valence-electron chi connectivity index (χ4n) is 2.27. The predicted octanol–water partition coefficient (Wildman–Crippen LogP) is -0.500. The second-order valence-corrected chi connectivity index (χ2v) is 5.13. The highest BCUT2D eigenvalue weighted by Gasteiger charge is 2.45. The minimum Gasteiger partial charge on any atom is -0.391 e. The van der Waals surface area contributed by atoms with Crippen molar-refractivity contribution in [2.24, 2.45) is 0 Å². The normalized spacial score (nSPS) is 27.4. The van der Waals surface area contributed by atoms with Crippen molar-refractivity contribution in [1.82, 2.24) is 9.97 Å². The maximum absolute atomic E-state index is 11.8. The second-order valence-electron chi connectivity index (χ2n) is 5.13. The lowest BCUT2D eigenvalue weighted by Crippen LogP contribution is -2.63. The molecule has 0 spiro atoms. The van der Waals surface area contributed by atoms with E-state index in [9.17, 15) is 15.0 Å². The van der Waals surface area contributed by atoms with Gasteiger partial charge in [-0.05, 0) is 20.8 Å². The Bertz CT molecular complexity index is 549. The Morgan fingerprint density at radius 1 is 1.45 bits per heavy atom. The van der Waals surface area contributed by atoms with Crippen LogP contribution in [-0.2, 0) is 0 Å². The van der Waals surface area contributed by atoms with Crippen LogP contribution in [0.25, 0.3) is 0 Å². The Balaban J connectivity index is 0.00000200. The van der Waals surface area contributed by atoms with E-state index in [1.165, 1.54) is 6.92 Å². The Hall–Kier alpha value is -1.51. The molecule has 114 valence electrons. The first kappa shape index (κ1) is 16.5. The number of aliphatic hydroxyl groups is 2. The van der Waals surface area contributed by atoms with Crippen molar-refractivity contribution in [2.75, 3.05) is 16.4 Å². The topological polar surface area (TPSA) is 136 Å². The molecule has 0 fully saturated rings. The van der Waals surface area contributed by atoms with Crippen LogP contribution in [0.1, 0.15) is 20.8 Å². The molecule has 7 N–H and O–H groups in total. The van der Waals surface area contributed by atoms with E-state index < -0.39 is 23.3 Å². The molecule has 2 unspecified atom stereocenters. The molecule has 0 saturated heterocycles. The highest BCUT2D eigenvalue weighted by atomic mass is 35.5. The van der Waals surface area contributed by atoms with Crippen LogP contribution in [0.2, 0.25) is 0 Å². The van der Waals surface area contributed by atoms with Gasteiger partial charge in [0.2, 0.25) is 5.95 Å². The lowest BCUT2D eigenvalue weighted by Gasteiger charge is -2.45. The zero-order chi connectivity index (χ0) is 14.4. The van der Waals surface area contributed by atoms with Gasteiger partial charge in [0.25, 0.3) is 5.56 Å². The van der Waals surface area contributed by atoms with Gasteiger partial charge in [-0.15, -0.1) is 12.4 Å². The van der Waals surface area contributed by atoms with Crippen molar-refractivity contribution in [2.45, 2.75) is 44.6 Å². The fraction of sp³-hybridized carbons (Fsp3) is 0.636. The number of nitrogens with zero attached hydrogens (tertiary/aromatic N) is 1. The van der Waals surface area contributed by atoms with Gasteiger partial charge >= 0.3 is 0 Å². The standard InChI is InChI=1S/C11H19N5O3.ClH/c1-4(17)7(18)11(3)5(2)13-8-6(16-11)9(19)15-10(12)14-8;/h4-5,7,16-18H,1-3H3,(H4,12,13,14,15,19);1H/t4-,5?,7+,11?;/m0./s1. The van der Waals surface area contributed by atoms with E-state index in [2.05, 4.69) is 20.6 Å². The van der Waals surface area contributed by atoms with Crippen LogP contribution in [0.3, 0.4) is 0 Å². The van der Waals surface area contributed by atoms with Gasteiger partial charge in [0.1, 0.15) is 11.8 Å². The summed E-state index contributed by atoms with van der Waals surface area (Å²) in [5.41, 5.74) is 4.35. The monoisotopic (exact) mass is 305 g/mol. The third-order valence-corrected chi connectivity index (χ3v) is 3.66. The molecule has 0 saturated carbocycles. The third-order valence-electron chi connectivity index (χ3n) is 3.66. The SMILES string of the molecule is CC1Nc2nc(N)[nH]c(=O)c2NC1(C)[C@H](O)[C@H](C)O.Cl. The lowest BCUT2D eigenvalue weighted by atomic mass is 9.83. The molecule has 1 aliphatic heterocycles. The minimum absolute atomic E-state index is 0. The fourth-order valence-corrected chi connectivity index (χ4v) is 2.27. The molecule has 2 heterocycles. The first-order valence-corrected chi connectivity index (χ1v) is 6.06. The molecule has 1 aromatic rings. The number of hydrogen-bond acceptors (Lipinski definition) is 7. The molecule has 0 aromatic carbocycles. The summed E-state index contributed by atoms with van der Waals surface area (Å²) in [5, 5.41) is 25.7. The Labute approximate surface area is 122 Å². The second kappa shape index (κ2) is 5.47. The molecule has 1 aliphatic rings. The van der Waals surface area contributed by atoms with Crippen LogP contribution >= 0.6 is 12.4 Å². The van der Waals surface area contributed by atoms with Gasteiger partial charge in [-0.1, -0.05) is 0 Å². The summed E-state index contributed by atoms with van der Waals surface area (Å²) < 4.78 is 0. The summed E-state index contributed by atoms with van der Waals surface area (Å²) in [4.78, 5) is 18.2. The molecule has 0 bridgehead atoms. The van der Waals surface area contributed by atoms with Crippen LogP contribution < -0.4 is 21.9 Å². The van der Waals surface area contributed by atoms with Gasteiger partial charge in [-0.3, -0.25) is 9.78 Å². The van der Waals surface area contributed by atoms with Crippen molar-refractivity contribution in [3.63, 3.8) is 0 Å². The van der Waals surface area contributed by atoms with Crippen molar-refractivity contribution in [1.29, 1.82) is 0 Å². The molecule has 0 radical (unpaired) electrons. The van der Waals surface area contributed by atoms with Crippen molar-refractivity contribution >= 4 is 29.9 Å². The number of fused-ring (bicyclic) bond motifs is 1. The molecule has 0 amide bonds. The number of nitrogens with two attached hydrogens (primary N) is 1. The van der Waals surface area contributed by atoms with Crippen LogP contribution in [-0.4, -0.2) is 44.0 Å². The van der Waals surface area contributed by atoms with E-state index in [4.69, 9.17) is 5.73 Å². The van der Waals surface area contributed by atoms with E-state index in [1.807, 2.05) is 6.92 Å². The zero-order valence-corrected chi connectivity index (χ0v) is 12.3. The van der Waals surface area contributed by atoms with Gasteiger partial charge in [-0.25, -0.2) is 0 Å². The van der Waals surface area contributed by atoms with Crippen molar-refractivity contribution < 1.29 is 10.2 Å². The largest absolute Gasteiger partial charge is 0.391 e. The van der Waals surface area contributed by atoms with Gasteiger partial charge in [0, 0.05) is 0 Å². The number of hydrogen-bond donors (Lipinski definition) is 6. The molecular formula is C11H20ClN5O3. The van der Waals surface area contributed by atoms with Gasteiger partial charge in [0.05, 0.1) is 17.7 Å². The molecular weight excluding hydrogens is 286 g/mol. The third kappa shape index (κ3) is 2.54. The van der Waals surface area contributed by atoms with Crippen LogP contribution in [0, 0.1) is 0 Å². The Morgan fingerprint density at radius 2 is 2.05 bits per heavy atom. The van der Waals surface area contributed by atoms with E-state index >= 15 is 0 Å². The van der Waals surface area contributed by atoms with Crippen LogP contribution in [0.4, 0.5) is 17.5 Å². The number of H-pyrrole nitrogens is 1. The molecule has 1 aromatic heterocycles. The summed E-state index contributed by atoms with van der Waals surface area (Å²) in [6, 6.07) is -0.265. The summed E-state index contributed by atoms with van der Waals surface area (Å²) in [7, 11) is 0. The first-order valence-electron chi connectivity index (χ1n) is 6.06. The van der Waals surface area contributed by atoms with Crippen molar-refractivity contribution in [3.8, 4) is 0 Å². The number of nitrogen functional groups attached to an aromatic ring is 1. The average molecular weight is 306 g/mol. The first-order chi connectivity index (χ1) is 8.75. The van der Waals surface area contributed by atoms with Crippen LogP contribution in [0.5, 0.6) is 0 Å². The summed E-state index contributed by atoms with van der Waals surface area (Å²) in [6.45, 7) is 5.03. The Kier molecular flexibility index (Phi) is 4.52. The van der Waals surface area contributed by atoms with Gasteiger partial charge in [-0.2, -0.15) is 4.98 Å². The molecule has 2 rings (SSSR count). The van der Waals surface area contributed by atoms with E-state index in [1.54, 1.807) is 6.92 Å². The number of aromatic nitrogens is 2. The number of nitrogens with one attached hydrogen (secondary N) is 3. The lowest BCUT2D eigenvalue weighted by molar-refractivity contribution is -0.0123. The van der Waals surface area contributed by atoms with E-state index in [0.29, 0.717) is 5.82 Å². The van der Waals surface area contributed by atoms with Crippen LogP contribution in [0.15, 0.2) is 4.79 Å². The van der Waals surface area contributed by atoms with E-state index in [-0.39, 0.29) is 30.1 Å². The van der Waals surface area contributed by atoms with E-state index in [0.717, 1.165) is 0 Å². The maximum Gasteiger partial charge on any atom is 0.277 e. The molecule has 20 heavy (non-hydrogen) atoms. The van der Waals surface area contributed by atoms with Crippen molar-refractivity contribution in [3.05, 3.63) is 10.4 Å². The number of anilines is 3. The highest BCUT2D eigenvalue weighted by molar-refractivity contribution is 5.85. The van der Waals surface area contributed by atoms with Gasteiger partial charge < -0.3 is 26.6 Å². The number of halogens is 1. The maximum atomic E-state index is 11.8. The predicted molar refractivity (Wildman–Crippen MR) is 79.3 cm³/mol. The number of aliphatic hydroxyl groups excluding tert-OH is 2. The summed E-state index contributed by atoms with van der Waals surface area (Å²) >= 11 is 0. The molecule has 4 atom stereocenters. The minimum atomic E-state index is -1.06. The quantitative estimate of drug-likeness (QED) is 0.433. The number of rotatable bonds is 2. The molecule has 0 aliphatic carbocycles. The average Bonchev–Trinajstić information content (AvgIpc) is 2.30. The van der Waals surface area contributed by atoms with Gasteiger partial charge in [0.15, 0.2) is 5.82 Å². The summed E-state index contributed by atoms with van der Waals surface area (Å²) in [5.74, 6) is 0.356.